The fraction of sp³-hybridized carbons (Fsp3) is 0.538. The van der Waals surface area contributed by atoms with Crippen LogP contribution in [-0.4, -0.2) is 82.1 Å². The molecule has 2 aromatic rings. The summed E-state index contributed by atoms with van der Waals surface area (Å²) in [4.78, 5) is 45.2. The summed E-state index contributed by atoms with van der Waals surface area (Å²) in [5.41, 5.74) is 0.694. The number of benzene rings is 1. The number of piperazine rings is 1. The highest BCUT2D eigenvalue weighted by Crippen LogP contribution is 2.28. The number of carbonyl (C=O) groups excluding carboxylic acids is 3. The molecule has 35 heavy (non-hydrogen) atoms. The van der Waals surface area contributed by atoms with Gasteiger partial charge in [0.2, 0.25) is 5.91 Å². The van der Waals surface area contributed by atoms with Gasteiger partial charge in [0.15, 0.2) is 5.69 Å². The number of carbonyl (C=O) groups is 3. The van der Waals surface area contributed by atoms with Gasteiger partial charge in [-0.25, -0.2) is 0 Å². The van der Waals surface area contributed by atoms with E-state index in [1.165, 1.54) is 16.0 Å². The fourth-order valence-electron chi connectivity index (χ4n) is 5.39. The minimum absolute atomic E-state index is 0.155. The third-order valence-corrected chi connectivity index (χ3v) is 7.84. The Kier molecular flexibility index (Phi) is 6.25. The monoisotopic (exact) mass is 478 g/mol. The standard InChI is InChI=1S/C26H34N6O3/c1-26(25(35)27-19-9-5-3-6-10-19)18-32-22(24(34)29(26)2)17-21(28-32)23(33)31-15-13-30(14-16-31)20-11-7-4-8-12-20/h4,7-8,11-12,17,19H,3,5-6,9-10,13-16,18H2,1-2H3,(H,27,35). The number of para-hydroxylation sites is 1. The van der Waals surface area contributed by atoms with Crippen molar-refractivity contribution >= 4 is 23.4 Å². The van der Waals surface area contributed by atoms with Crippen molar-refractivity contribution in [2.45, 2.75) is 57.2 Å². The zero-order chi connectivity index (χ0) is 24.6. The van der Waals surface area contributed by atoms with Crippen molar-refractivity contribution in [1.82, 2.24) is 24.9 Å². The molecular formula is C26H34N6O3. The van der Waals surface area contributed by atoms with Crippen molar-refractivity contribution in [1.29, 1.82) is 0 Å². The molecule has 1 aromatic heterocycles. The maximum Gasteiger partial charge on any atom is 0.274 e. The van der Waals surface area contributed by atoms with E-state index in [0.717, 1.165) is 44.5 Å². The number of aromatic nitrogens is 2. The number of hydrogen-bond donors (Lipinski definition) is 1. The average molecular weight is 479 g/mol. The van der Waals surface area contributed by atoms with Gasteiger partial charge in [0, 0.05) is 51.0 Å². The molecule has 9 heteroatoms. The van der Waals surface area contributed by atoms with Crippen LogP contribution in [0.5, 0.6) is 0 Å². The van der Waals surface area contributed by atoms with Gasteiger partial charge in [-0.15, -0.1) is 0 Å². The summed E-state index contributed by atoms with van der Waals surface area (Å²) in [5.74, 6) is -0.632. The second-order valence-electron chi connectivity index (χ2n) is 10.1. The van der Waals surface area contributed by atoms with Gasteiger partial charge >= 0.3 is 0 Å². The zero-order valence-corrected chi connectivity index (χ0v) is 20.6. The minimum Gasteiger partial charge on any atom is -0.368 e. The van der Waals surface area contributed by atoms with E-state index in [1.807, 2.05) is 18.2 Å². The van der Waals surface area contributed by atoms with Crippen molar-refractivity contribution in [3.63, 3.8) is 0 Å². The second kappa shape index (κ2) is 9.36. The number of nitrogens with one attached hydrogen (secondary N) is 1. The van der Waals surface area contributed by atoms with Crippen LogP contribution in [0.4, 0.5) is 5.69 Å². The Morgan fingerprint density at radius 3 is 2.40 bits per heavy atom. The lowest BCUT2D eigenvalue weighted by Crippen LogP contribution is -2.63. The lowest BCUT2D eigenvalue weighted by Gasteiger charge is -2.41. The normalized spacial score (nSPS) is 23.3. The van der Waals surface area contributed by atoms with Crippen molar-refractivity contribution in [3.05, 3.63) is 47.8 Å². The number of anilines is 1. The Labute approximate surface area is 206 Å². The van der Waals surface area contributed by atoms with Crippen LogP contribution in [0.3, 0.4) is 0 Å². The highest BCUT2D eigenvalue weighted by molar-refractivity contribution is 6.01. The van der Waals surface area contributed by atoms with Crippen LogP contribution in [0.1, 0.15) is 60.0 Å². The molecule has 0 bridgehead atoms. The van der Waals surface area contributed by atoms with E-state index in [-0.39, 0.29) is 36.0 Å². The first-order chi connectivity index (χ1) is 16.9. The number of nitrogens with zero attached hydrogens (tertiary/aromatic N) is 5. The van der Waals surface area contributed by atoms with Gasteiger partial charge in [-0.1, -0.05) is 37.5 Å². The molecule has 2 fully saturated rings. The Bertz CT molecular complexity index is 1100. The molecule has 1 atom stereocenters. The van der Waals surface area contributed by atoms with Crippen LogP contribution in [0.2, 0.25) is 0 Å². The average Bonchev–Trinajstić information content (AvgIpc) is 3.32. The molecule has 3 amide bonds. The SMILES string of the molecule is CN1C(=O)c2cc(C(=O)N3CCN(c4ccccc4)CC3)nn2CC1(C)C(=O)NC1CCCCC1. The first-order valence-corrected chi connectivity index (χ1v) is 12.6. The van der Waals surface area contributed by atoms with Gasteiger partial charge < -0.3 is 20.0 Å². The third kappa shape index (κ3) is 4.39. The van der Waals surface area contributed by atoms with Crippen LogP contribution < -0.4 is 10.2 Å². The molecule has 3 heterocycles. The first kappa shape index (κ1) is 23.4. The molecule has 1 aliphatic carbocycles. The topological polar surface area (TPSA) is 90.8 Å². The summed E-state index contributed by atoms with van der Waals surface area (Å²) in [6.45, 7) is 4.65. The van der Waals surface area contributed by atoms with Gasteiger partial charge in [0.25, 0.3) is 11.8 Å². The molecule has 5 rings (SSSR count). The van der Waals surface area contributed by atoms with E-state index in [9.17, 15) is 14.4 Å². The van der Waals surface area contributed by atoms with Crippen molar-refractivity contribution in [3.8, 4) is 0 Å². The fourth-order valence-corrected chi connectivity index (χ4v) is 5.39. The second-order valence-corrected chi connectivity index (χ2v) is 10.1. The molecule has 1 saturated carbocycles. The summed E-state index contributed by atoms with van der Waals surface area (Å²) in [5, 5.41) is 7.65. The summed E-state index contributed by atoms with van der Waals surface area (Å²) < 4.78 is 1.54. The lowest BCUT2D eigenvalue weighted by atomic mass is 9.92. The van der Waals surface area contributed by atoms with Crippen LogP contribution >= 0.6 is 0 Å². The van der Waals surface area contributed by atoms with Gasteiger partial charge in [-0.2, -0.15) is 5.10 Å². The summed E-state index contributed by atoms with van der Waals surface area (Å²) >= 11 is 0. The third-order valence-electron chi connectivity index (χ3n) is 7.84. The van der Waals surface area contributed by atoms with Gasteiger partial charge in [-0.05, 0) is 31.9 Å². The molecule has 2 aliphatic heterocycles. The zero-order valence-electron chi connectivity index (χ0n) is 20.6. The number of likely N-dealkylation sites (N-methyl/N-ethyl adjacent to an activating group) is 1. The van der Waals surface area contributed by atoms with E-state index in [4.69, 9.17) is 0 Å². The van der Waals surface area contributed by atoms with Gasteiger partial charge in [0.1, 0.15) is 11.2 Å². The maximum absolute atomic E-state index is 13.3. The molecule has 0 spiro atoms. The largest absolute Gasteiger partial charge is 0.368 e. The van der Waals surface area contributed by atoms with E-state index < -0.39 is 5.54 Å². The van der Waals surface area contributed by atoms with Gasteiger partial charge in [0.05, 0.1) is 6.54 Å². The molecule has 3 aliphatic rings. The van der Waals surface area contributed by atoms with Crippen LogP contribution in [0.15, 0.2) is 36.4 Å². The molecule has 1 aromatic carbocycles. The van der Waals surface area contributed by atoms with Crippen molar-refractivity contribution < 1.29 is 14.4 Å². The molecule has 1 unspecified atom stereocenters. The molecule has 9 nitrogen and oxygen atoms in total. The molecule has 186 valence electrons. The number of hydrogen-bond acceptors (Lipinski definition) is 5. The maximum atomic E-state index is 13.3. The smallest absolute Gasteiger partial charge is 0.274 e. The molecule has 0 radical (unpaired) electrons. The molecule has 1 saturated heterocycles. The minimum atomic E-state index is -1.06. The quantitative estimate of drug-likeness (QED) is 0.727. The Morgan fingerprint density at radius 2 is 1.71 bits per heavy atom. The predicted octanol–water partition coefficient (Wildman–Crippen LogP) is 2.14. The Balaban J connectivity index is 1.28. The van der Waals surface area contributed by atoms with Crippen molar-refractivity contribution in [2.75, 3.05) is 38.1 Å². The highest BCUT2D eigenvalue weighted by Gasteiger charge is 2.47. The lowest BCUT2D eigenvalue weighted by molar-refractivity contribution is -0.133. The van der Waals surface area contributed by atoms with Crippen LogP contribution in [0.25, 0.3) is 0 Å². The Morgan fingerprint density at radius 1 is 1.03 bits per heavy atom. The molecule has 1 N–H and O–H groups in total. The number of fused-ring (bicyclic) bond motifs is 1. The summed E-state index contributed by atoms with van der Waals surface area (Å²) in [6, 6.07) is 11.9. The van der Waals surface area contributed by atoms with E-state index in [0.29, 0.717) is 18.8 Å². The van der Waals surface area contributed by atoms with E-state index >= 15 is 0 Å². The van der Waals surface area contributed by atoms with E-state index in [2.05, 4.69) is 27.4 Å². The van der Waals surface area contributed by atoms with Crippen LogP contribution in [-0.2, 0) is 11.3 Å². The molecular weight excluding hydrogens is 444 g/mol. The van der Waals surface area contributed by atoms with E-state index in [1.54, 1.807) is 24.9 Å². The first-order valence-electron chi connectivity index (χ1n) is 12.6. The van der Waals surface area contributed by atoms with Gasteiger partial charge in [-0.3, -0.25) is 19.1 Å². The number of amides is 3. The highest BCUT2D eigenvalue weighted by atomic mass is 16.2. The summed E-state index contributed by atoms with van der Waals surface area (Å²) in [7, 11) is 1.66. The predicted molar refractivity (Wildman–Crippen MR) is 132 cm³/mol. The Hall–Kier alpha value is -3.36. The summed E-state index contributed by atoms with van der Waals surface area (Å²) in [6.07, 6.45) is 5.39. The van der Waals surface area contributed by atoms with Crippen LogP contribution in [0, 0.1) is 0 Å². The van der Waals surface area contributed by atoms with Crippen molar-refractivity contribution in [2.24, 2.45) is 0 Å². The number of rotatable bonds is 4.